The van der Waals surface area contributed by atoms with Gasteiger partial charge in [0.25, 0.3) is 0 Å². The van der Waals surface area contributed by atoms with Crippen LogP contribution in [-0.4, -0.2) is 90.5 Å². The molecule has 6 heteroatoms. The molecule has 2 aliphatic heterocycles. The van der Waals surface area contributed by atoms with Crippen LogP contribution in [0, 0.1) is 0 Å². The molecule has 2 saturated heterocycles. The Morgan fingerprint density at radius 2 is 1.42 bits per heavy atom. The highest BCUT2D eigenvalue weighted by molar-refractivity contribution is 6.48. The van der Waals surface area contributed by atoms with Crippen LogP contribution in [0.25, 0.3) is 0 Å². The van der Waals surface area contributed by atoms with Gasteiger partial charge in [-0.1, -0.05) is 53.5 Å². The van der Waals surface area contributed by atoms with E-state index in [-0.39, 0.29) is 6.04 Å². The van der Waals surface area contributed by atoms with Crippen LogP contribution in [-0.2, 0) is 0 Å². The van der Waals surface area contributed by atoms with Crippen LogP contribution in [0.15, 0.2) is 30.3 Å². The summed E-state index contributed by atoms with van der Waals surface area (Å²) in [7, 11) is 4.31. The van der Waals surface area contributed by atoms with E-state index in [0.29, 0.717) is 0 Å². The van der Waals surface area contributed by atoms with E-state index in [4.69, 9.17) is 23.2 Å². The fourth-order valence-electron chi connectivity index (χ4n) is 3.68. The topological polar surface area (TPSA) is 13.0 Å². The average molecular weight is 371 g/mol. The fraction of sp³-hybridized carbons (Fsp3) is 0.667. The maximum atomic E-state index is 7.05. The van der Waals surface area contributed by atoms with Gasteiger partial charge in [0.05, 0.1) is 6.04 Å². The van der Waals surface area contributed by atoms with Crippen molar-refractivity contribution < 1.29 is 0 Å². The second kappa shape index (κ2) is 7.90. The molecule has 0 N–H and O–H groups in total. The van der Waals surface area contributed by atoms with Gasteiger partial charge in [-0.2, -0.15) is 0 Å². The first-order valence-electron chi connectivity index (χ1n) is 8.77. The highest BCUT2D eigenvalue weighted by Crippen LogP contribution is 2.43. The third-order valence-corrected chi connectivity index (χ3v) is 6.20. The molecule has 134 valence electrons. The van der Waals surface area contributed by atoms with Gasteiger partial charge in [0.2, 0.25) is 0 Å². The van der Waals surface area contributed by atoms with Crippen molar-refractivity contribution in [1.29, 1.82) is 0 Å². The molecule has 2 heterocycles. The number of nitrogens with zero attached hydrogens (tertiary/aromatic N) is 4. The quantitative estimate of drug-likeness (QED) is 0.555. The predicted octanol–water partition coefficient (Wildman–Crippen LogP) is 2.35. The summed E-state index contributed by atoms with van der Waals surface area (Å²) in [5.41, 5.74) is 1.17. The van der Waals surface area contributed by atoms with E-state index in [0.717, 1.165) is 52.4 Å². The summed E-state index contributed by atoms with van der Waals surface area (Å²) in [6, 6.07) is 10.4. The first-order chi connectivity index (χ1) is 11.5. The maximum Gasteiger partial charge on any atom is 0.191 e. The Labute approximate surface area is 155 Å². The van der Waals surface area contributed by atoms with E-state index < -0.39 is 4.46 Å². The van der Waals surface area contributed by atoms with E-state index in [2.05, 4.69) is 58.0 Å². The summed E-state index contributed by atoms with van der Waals surface area (Å²) in [5, 5.41) is 0. The molecule has 0 aromatic heterocycles. The summed E-state index contributed by atoms with van der Waals surface area (Å²) in [4.78, 5) is 9.47. The molecule has 2 fully saturated rings. The molecule has 0 amide bonds. The van der Waals surface area contributed by atoms with Gasteiger partial charge in [0.15, 0.2) is 4.46 Å². The van der Waals surface area contributed by atoms with Crippen LogP contribution in [0.1, 0.15) is 11.6 Å². The average Bonchev–Trinajstić information content (AvgIpc) is 2.67. The van der Waals surface area contributed by atoms with Crippen LogP contribution >= 0.6 is 23.2 Å². The predicted molar refractivity (Wildman–Crippen MR) is 102 cm³/mol. The zero-order chi connectivity index (χ0) is 17.2. The summed E-state index contributed by atoms with van der Waals surface area (Å²) >= 11 is 14.1. The zero-order valence-corrected chi connectivity index (χ0v) is 16.2. The van der Waals surface area contributed by atoms with Crippen LogP contribution < -0.4 is 0 Å². The van der Waals surface area contributed by atoms with Gasteiger partial charge in [-0.05, 0) is 19.7 Å². The number of hydrogen-bond donors (Lipinski definition) is 0. The molecule has 3 rings (SSSR count). The Morgan fingerprint density at radius 1 is 0.833 bits per heavy atom. The van der Waals surface area contributed by atoms with Gasteiger partial charge in [-0.15, -0.1) is 0 Å². The SMILES string of the molecule is CN1CCN2CCN(C)C(c3ccccc3)C(Cl)(Cl)N(CC1)CC2. The van der Waals surface area contributed by atoms with E-state index in [1.54, 1.807) is 0 Å². The minimum absolute atomic E-state index is 0.0493. The lowest BCUT2D eigenvalue weighted by Gasteiger charge is -2.43. The van der Waals surface area contributed by atoms with Gasteiger partial charge >= 0.3 is 0 Å². The lowest BCUT2D eigenvalue weighted by molar-refractivity contribution is 0.115. The molecule has 0 spiro atoms. The van der Waals surface area contributed by atoms with Crippen LogP contribution in [0.3, 0.4) is 0 Å². The number of likely N-dealkylation sites (N-methyl/N-ethyl adjacent to an activating group) is 2. The largest absolute Gasteiger partial charge is 0.304 e. The number of hydrogen-bond acceptors (Lipinski definition) is 4. The number of benzene rings is 1. The van der Waals surface area contributed by atoms with E-state index in [1.807, 2.05) is 6.07 Å². The van der Waals surface area contributed by atoms with Crippen molar-refractivity contribution in [3.63, 3.8) is 0 Å². The summed E-state index contributed by atoms with van der Waals surface area (Å²) in [5.74, 6) is 0. The van der Waals surface area contributed by atoms with Gasteiger partial charge in [0.1, 0.15) is 0 Å². The van der Waals surface area contributed by atoms with Crippen molar-refractivity contribution in [2.45, 2.75) is 10.5 Å². The lowest BCUT2D eigenvalue weighted by atomic mass is 10.0. The van der Waals surface area contributed by atoms with Gasteiger partial charge in [-0.25, -0.2) is 0 Å². The molecule has 1 aromatic rings. The number of rotatable bonds is 1. The highest BCUT2D eigenvalue weighted by atomic mass is 35.5. The Hall–Kier alpha value is -0.360. The maximum absolute atomic E-state index is 7.05. The van der Waals surface area contributed by atoms with Crippen molar-refractivity contribution in [3.8, 4) is 0 Å². The zero-order valence-electron chi connectivity index (χ0n) is 14.7. The smallest absolute Gasteiger partial charge is 0.191 e. The van der Waals surface area contributed by atoms with Gasteiger partial charge in [-0.3, -0.25) is 14.7 Å². The Balaban J connectivity index is 1.96. The normalized spacial score (nSPS) is 32.9. The Kier molecular flexibility index (Phi) is 6.07. The van der Waals surface area contributed by atoms with Crippen LogP contribution in [0.4, 0.5) is 0 Å². The molecule has 1 aromatic carbocycles. The molecule has 0 aliphatic carbocycles. The molecule has 3 atom stereocenters. The minimum Gasteiger partial charge on any atom is -0.304 e. The fourth-order valence-corrected chi connectivity index (χ4v) is 4.60. The molecule has 3 unspecified atom stereocenters. The minimum atomic E-state index is -0.947. The second-order valence-electron chi connectivity index (χ2n) is 7.01. The first-order valence-corrected chi connectivity index (χ1v) is 9.53. The van der Waals surface area contributed by atoms with Crippen LogP contribution in [0.2, 0.25) is 0 Å². The standard InChI is InChI=1S/C18H28Cl2N4/c1-21-8-11-23-12-10-22(2)17(16-6-4-3-5-7-16)18(19,20)24(14-9-21)15-13-23/h3-7,17H,8-15H2,1-2H3. The number of alkyl halides is 2. The van der Waals surface area contributed by atoms with Crippen molar-refractivity contribution >= 4 is 23.2 Å². The van der Waals surface area contributed by atoms with Gasteiger partial charge < -0.3 is 4.90 Å². The van der Waals surface area contributed by atoms with Crippen molar-refractivity contribution in [2.75, 3.05) is 66.5 Å². The molecule has 2 bridgehead atoms. The number of halogens is 2. The molecule has 0 saturated carbocycles. The summed E-state index contributed by atoms with van der Waals surface area (Å²) in [6.45, 7) is 7.99. The van der Waals surface area contributed by atoms with E-state index >= 15 is 0 Å². The Bertz CT molecular complexity index is 525. The van der Waals surface area contributed by atoms with Crippen molar-refractivity contribution in [2.24, 2.45) is 0 Å². The molecular formula is C18H28Cl2N4. The molecular weight excluding hydrogens is 343 g/mol. The summed E-state index contributed by atoms with van der Waals surface area (Å²) in [6.07, 6.45) is 0. The third kappa shape index (κ3) is 4.06. The monoisotopic (exact) mass is 370 g/mol. The second-order valence-corrected chi connectivity index (χ2v) is 8.36. The van der Waals surface area contributed by atoms with E-state index in [1.165, 1.54) is 5.56 Å². The lowest BCUT2D eigenvalue weighted by Crippen LogP contribution is -2.51. The summed E-state index contributed by atoms with van der Waals surface area (Å²) < 4.78 is -0.947. The molecule has 24 heavy (non-hydrogen) atoms. The Morgan fingerprint density at radius 3 is 2.17 bits per heavy atom. The van der Waals surface area contributed by atoms with Crippen LogP contribution in [0.5, 0.6) is 0 Å². The third-order valence-electron chi connectivity index (χ3n) is 5.31. The first kappa shape index (κ1) is 18.4. The van der Waals surface area contributed by atoms with Crippen molar-refractivity contribution in [1.82, 2.24) is 19.6 Å². The molecule has 2 aliphatic rings. The van der Waals surface area contributed by atoms with Gasteiger partial charge in [0, 0.05) is 52.4 Å². The highest BCUT2D eigenvalue weighted by Gasteiger charge is 2.44. The van der Waals surface area contributed by atoms with Crippen molar-refractivity contribution in [3.05, 3.63) is 35.9 Å². The van der Waals surface area contributed by atoms with E-state index in [9.17, 15) is 0 Å². The number of fused-ring (bicyclic) bond motifs is 3. The molecule has 0 radical (unpaired) electrons. The molecule has 4 nitrogen and oxygen atoms in total.